The number of hydrogen-bond acceptors (Lipinski definition) is 3. The van der Waals surface area contributed by atoms with E-state index < -0.39 is 0 Å². The third-order valence-corrected chi connectivity index (χ3v) is 5.73. The Morgan fingerprint density at radius 3 is 2.57 bits per heavy atom. The van der Waals surface area contributed by atoms with E-state index in [0.29, 0.717) is 4.75 Å². The van der Waals surface area contributed by atoms with Crippen LogP contribution in [0.1, 0.15) is 45.2 Å². The topological polar surface area (TPSA) is 29.3 Å². The van der Waals surface area contributed by atoms with Gasteiger partial charge in [0.05, 0.1) is 0 Å². The molecule has 2 atom stereocenters. The summed E-state index contributed by atoms with van der Waals surface area (Å²) in [7, 11) is 0. The van der Waals surface area contributed by atoms with Gasteiger partial charge in [-0.1, -0.05) is 32.9 Å². The molecule has 21 heavy (non-hydrogen) atoms. The molecule has 0 saturated carbocycles. The lowest BCUT2D eigenvalue weighted by atomic mass is 9.95. The molecule has 1 aliphatic rings. The van der Waals surface area contributed by atoms with Crippen LogP contribution in [0.3, 0.4) is 0 Å². The van der Waals surface area contributed by atoms with Crippen LogP contribution < -0.4 is 5.73 Å². The summed E-state index contributed by atoms with van der Waals surface area (Å²) < 4.78 is 13.5. The minimum atomic E-state index is -0.185. The summed E-state index contributed by atoms with van der Waals surface area (Å²) in [5.41, 5.74) is 7.53. The summed E-state index contributed by atoms with van der Waals surface area (Å²) in [6, 6.07) is 7.13. The second-order valence-corrected chi connectivity index (χ2v) is 8.26. The number of thioether (sulfide) groups is 1. The van der Waals surface area contributed by atoms with Crippen molar-refractivity contribution in [3.8, 4) is 0 Å². The molecule has 1 heterocycles. The Morgan fingerprint density at radius 2 is 1.95 bits per heavy atom. The van der Waals surface area contributed by atoms with Crippen LogP contribution >= 0.6 is 11.8 Å². The van der Waals surface area contributed by atoms with E-state index in [1.54, 1.807) is 12.1 Å². The van der Waals surface area contributed by atoms with Gasteiger partial charge in [-0.2, -0.15) is 11.8 Å². The SMILES string of the molecule is CCC(N)C(c1ccc(F)cc1)N1CCSC(C)(C)CC1. The monoisotopic (exact) mass is 310 g/mol. The van der Waals surface area contributed by atoms with E-state index in [1.807, 2.05) is 23.9 Å². The molecule has 0 amide bonds. The molecule has 1 aliphatic heterocycles. The first kappa shape index (κ1) is 16.8. The molecule has 1 aromatic carbocycles. The molecular weight excluding hydrogens is 283 g/mol. The Kier molecular flexibility index (Phi) is 5.69. The Labute approximate surface area is 132 Å². The van der Waals surface area contributed by atoms with Gasteiger partial charge in [-0.3, -0.25) is 4.90 Å². The average molecular weight is 310 g/mol. The van der Waals surface area contributed by atoms with E-state index >= 15 is 0 Å². The summed E-state index contributed by atoms with van der Waals surface area (Å²) in [5, 5.41) is 0. The third-order valence-electron chi connectivity index (χ3n) is 4.35. The number of halogens is 1. The molecule has 2 N–H and O–H groups in total. The molecule has 0 aliphatic carbocycles. The maximum atomic E-state index is 13.2. The van der Waals surface area contributed by atoms with E-state index in [1.165, 1.54) is 0 Å². The largest absolute Gasteiger partial charge is 0.326 e. The summed E-state index contributed by atoms with van der Waals surface area (Å²) in [4.78, 5) is 2.49. The van der Waals surface area contributed by atoms with Gasteiger partial charge in [0, 0.05) is 35.7 Å². The highest BCUT2D eigenvalue weighted by Crippen LogP contribution is 2.34. The number of hydrogen-bond donors (Lipinski definition) is 1. The van der Waals surface area contributed by atoms with E-state index in [-0.39, 0.29) is 17.9 Å². The smallest absolute Gasteiger partial charge is 0.123 e. The number of benzene rings is 1. The van der Waals surface area contributed by atoms with Crippen LogP contribution in [0.5, 0.6) is 0 Å². The number of nitrogens with two attached hydrogens (primary N) is 1. The zero-order valence-corrected chi connectivity index (χ0v) is 14.1. The normalized spacial score (nSPS) is 22.5. The Hall–Kier alpha value is -0.580. The molecule has 118 valence electrons. The Balaban J connectivity index is 2.21. The van der Waals surface area contributed by atoms with Crippen LogP contribution in [0.15, 0.2) is 24.3 Å². The zero-order chi connectivity index (χ0) is 15.5. The first-order valence-electron chi connectivity index (χ1n) is 7.82. The van der Waals surface area contributed by atoms with Crippen molar-refractivity contribution in [3.05, 3.63) is 35.6 Å². The highest BCUT2D eigenvalue weighted by Gasteiger charge is 2.30. The summed E-state index contributed by atoms with van der Waals surface area (Å²) in [5.74, 6) is 0.941. The fraction of sp³-hybridized carbons (Fsp3) is 0.647. The van der Waals surface area contributed by atoms with E-state index in [2.05, 4.69) is 25.7 Å². The molecule has 1 aromatic rings. The van der Waals surface area contributed by atoms with Crippen molar-refractivity contribution in [1.82, 2.24) is 4.90 Å². The maximum absolute atomic E-state index is 13.2. The van der Waals surface area contributed by atoms with Crippen molar-refractivity contribution >= 4 is 11.8 Å². The molecule has 1 saturated heterocycles. The highest BCUT2D eigenvalue weighted by atomic mass is 32.2. The van der Waals surface area contributed by atoms with E-state index in [4.69, 9.17) is 5.73 Å². The molecule has 0 aromatic heterocycles. The van der Waals surface area contributed by atoms with Gasteiger partial charge < -0.3 is 5.73 Å². The quantitative estimate of drug-likeness (QED) is 0.916. The number of nitrogens with zero attached hydrogens (tertiary/aromatic N) is 1. The van der Waals surface area contributed by atoms with Crippen molar-refractivity contribution in [2.75, 3.05) is 18.8 Å². The molecule has 0 bridgehead atoms. The third kappa shape index (κ3) is 4.44. The second-order valence-electron chi connectivity index (χ2n) is 6.46. The van der Waals surface area contributed by atoms with Crippen LogP contribution in [0.25, 0.3) is 0 Å². The van der Waals surface area contributed by atoms with Crippen molar-refractivity contribution in [1.29, 1.82) is 0 Å². The van der Waals surface area contributed by atoms with E-state index in [9.17, 15) is 4.39 Å². The predicted octanol–water partition coefficient (Wildman–Crippen LogP) is 3.82. The molecule has 4 heteroatoms. The van der Waals surface area contributed by atoms with Gasteiger partial charge in [0.2, 0.25) is 0 Å². The zero-order valence-electron chi connectivity index (χ0n) is 13.3. The van der Waals surface area contributed by atoms with Gasteiger partial charge in [-0.15, -0.1) is 0 Å². The first-order valence-corrected chi connectivity index (χ1v) is 8.80. The lowest BCUT2D eigenvalue weighted by molar-refractivity contribution is 0.177. The molecule has 2 nitrogen and oxygen atoms in total. The molecule has 0 spiro atoms. The fourth-order valence-electron chi connectivity index (χ4n) is 2.93. The van der Waals surface area contributed by atoms with Crippen LogP contribution in [0, 0.1) is 5.82 Å². The van der Waals surface area contributed by atoms with Crippen LogP contribution in [0.4, 0.5) is 4.39 Å². The van der Waals surface area contributed by atoms with Crippen molar-refractivity contribution in [3.63, 3.8) is 0 Å². The van der Waals surface area contributed by atoms with Crippen LogP contribution in [-0.4, -0.2) is 34.5 Å². The number of rotatable bonds is 4. The Morgan fingerprint density at radius 1 is 1.29 bits per heavy atom. The second kappa shape index (κ2) is 7.12. The lowest BCUT2D eigenvalue weighted by Gasteiger charge is -2.35. The van der Waals surface area contributed by atoms with Gasteiger partial charge in [-0.25, -0.2) is 4.39 Å². The van der Waals surface area contributed by atoms with Gasteiger partial charge in [0.15, 0.2) is 0 Å². The van der Waals surface area contributed by atoms with E-state index in [0.717, 1.165) is 37.2 Å². The molecule has 0 radical (unpaired) electrons. The van der Waals surface area contributed by atoms with Crippen molar-refractivity contribution in [2.24, 2.45) is 5.73 Å². The minimum absolute atomic E-state index is 0.0849. The van der Waals surface area contributed by atoms with Crippen LogP contribution in [0.2, 0.25) is 0 Å². The van der Waals surface area contributed by atoms with Crippen molar-refractivity contribution in [2.45, 2.75) is 50.4 Å². The molecule has 2 unspecified atom stereocenters. The van der Waals surface area contributed by atoms with Gasteiger partial charge in [-0.05, 0) is 30.5 Å². The average Bonchev–Trinajstić information content (AvgIpc) is 2.62. The summed E-state index contributed by atoms with van der Waals surface area (Å²) in [6.45, 7) is 8.85. The standard InChI is InChI=1S/C17H27FN2S/c1-4-15(19)16(13-5-7-14(18)8-6-13)20-10-9-17(2,3)21-12-11-20/h5-8,15-16H,4,9-12,19H2,1-3H3. The van der Waals surface area contributed by atoms with Crippen molar-refractivity contribution < 1.29 is 4.39 Å². The Bertz CT molecular complexity index is 447. The maximum Gasteiger partial charge on any atom is 0.123 e. The minimum Gasteiger partial charge on any atom is -0.326 e. The molecular formula is C17H27FN2S. The summed E-state index contributed by atoms with van der Waals surface area (Å²) in [6.07, 6.45) is 2.08. The fourth-order valence-corrected chi connectivity index (χ4v) is 4.04. The molecule has 2 rings (SSSR count). The predicted molar refractivity (Wildman–Crippen MR) is 90.1 cm³/mol. The van der Waals surface area contributed by atoms with Gasteiger partial charge in [0.1, 0.15) is 5.82 Å². The lowest BCUT2D eigenvalue weighted by Crippen LogP contribution is -2.42. The molecule has 1 fully saturated rings. The highest BCUT2D eigenvalue weighted by molar-refractivity contribution is 8.00. The van der Waals surface area contributed by atoms with Gasteiger partial charge in [0.25, 0.3) is 0 Å². The van der Waals surface area contributed by atoms with Gasteiger partial charge >= 0.3 is 0 Å². The van der Waals surface area contributed by atoms with Crippen LogP contribution in [-0.2, 0) is 0 Å². The first-order chi connectivity index (χ1) is 9.93. The summed E-state index contributed by atoms with van der Waals surface area (Å²) >= 11 is 2.04.